The summed E-state index contributed by atoms with van der Waals surface area (Å²) in [5.41, 5.74) is 2.82. The van der Waals surface area contributed by atoms with Crippen LogP contribution in [0.25, 0.3) is 0 Å². The fraction of sp³-hybridized carbons (Fsp3) is 0.667. The molecule has 22 heavy (non-hydrogen) atoms. The molecule has 122 valence electrons. The zero-order valence-electron chi connectivity index (χ0n) is 15.1. The van der Waals surface area contributed by atoms with E-state index in [1.54, 1.807) is 0 Å². The molecule has 0 aromatic heterocycles. The SMILES string of the molecule is CCCCOc1cc(C)c(B2OC(C)(C)C(C)(C)O2)c(C)c1. The van der Waals surface area contributed by atoms with Crippen LogP contribution in [-0.4, -0.2) is 24.9 Å². The maximum Gasteiger partial charge on any atom is 0.495 e. The van der Waals surface area contributed by atoms with Crippen molar-refractivity contribution in [1.29, 1.82) is 0 Å². The third-order valence-corrected chi connectivity index (χ3v) is 4.82. The molecule has 1 heterocycles. The van der Waals surface area contributed by atoms with E-state index in [9.17, 15) is 0 Å². The number of unbranched alkanes of at least 4 members (excludes halogenated alkanes) is 1. The Morgan fingerprint density at radius 3 is 1.95 bits per heavy atom. The molecule has 1 aromatic carbocycles. The van der Waals surface area contributed by atoms with Crippen LogP contribution in [0, 0.1) is 13.8 Å². The monoisotopic (exact) mass is 304 g/mol. The molecule has 0 atom stereocenters. The normalized spacial score (nSPS) is 19.5. The predicted octanol–water partition coefficient (Wildman–Crippen LogP) is 3.78. The van der Waals surface area contributed by atoms with Gasteiger partial charge in [-0.1, -0.05) is 13.3 Å². The minimum Gasteiger partial charge on any atom is -0.494 e. The quantitative estimate of drug-likeness (QED) is 0.612. The van der Waals surface area contributed by atoms with E-state index < -0.39 is 0 Å². The van der Waals surface area contributed by atoms with Crippen molar-refractivity contribution in [2.45, 2.75) is 72.5 Å². The second kappa shape index (κ2) is 6.25. The lowest BCUT2D eigenvalue weighted by atomic mass is 9.73. The van der Waals surface area contributed by atoms with Crippen molar-refractivity contribution < 1.29 is 14.0 Å². The van der Waals surface area contributed by atoms with Gasteiger partial charge >= 0.3 is 7.12 Å². The zero-order chi connectivity index (χ0) is 16.5. The average molecular weight is 304 g/mol. The Hall–Kier alpha value is -0.995. The smallest absolute Gasteiger partial charge is 0.494 e. The second-order valence-electron chi connectivity index (χ2n) is 7.26. The first-order valence-electron chi connectivity index (χ1n) is 8.27. The molecule has 0 N–H and O–H groups in total. The standard InChI is InChI=1S/C18H29BO3/c1-8-9-10-20-15-11-13(2)16(14(3)12-15)19-21-17(4,5)18(6,7)22-19/h11-12H,8-10H2,1-7H3. The van der Waals surface area contributed by atoms with Crippen molar-refractivity contribution in [3.63, 3.8) is 0 Å². The van der Waals surface area contributed by atoms with Gasteiger partial charge in [0.05, 0.1) is 17.8 Å². The summed E-state index contributed by atoms with van der Waals surface area (Å²) in [7, 11) is -0.310. The van der Waals surface area contributed by atoms with Crippen molar-refractivity contribution in [3.05, 3.63) is 23.3 Å². The molecule has 4 heteroatoms. The highest BCUT2D eigenvalue weighted by Gasteiger charge is 2.52. The van der Waals surface area contributed by atoms with E-state index in [0.29, 0.717) is 0 Å². The van der Waals surface area contributed by atoms with E-state index in [4.69, 9.17) is 14.0 Å². The van der Waals surface area contributed by atoms with Gasteiger partial charge in [0, 0.05) is 0 Å². The van der Waals surface area contributed by atoms with Crippen molar-refractivity contribution in [3.8, 4) is 5.75 Å². The summed E-state index contributed by atoms with van der Waals surface area (Å²) in [6.45, 7) is 15.5. The molecular formula is C18H29BO3. The van der Waals surface area contributed by atoms with Gasteiger partial charge in [0.1, 0.15) is 5.75 Å². The second-order valence-corrected chi connectivity index (χ2v) is 7.26. The van der Waals surface area contributed by atoms with E-state index in [1.165, 1.54) is 0 Å². The van der Waals surface area contributed by atoms with Crippen LogP contribution in [0.15, 0.2) is 12.1 Å². The first kappa shape index (κ1) is 17.4. The molecule has 3 nitrogen and oxygen atoms in total. The number of aryl methyl sites for hydroxylation is 2. The van der Waals surface area contributed by atoms with Gasteiger partial charge in [-0.05, 0) is 76.7 Å². The van der Waals surface area contributed by atoms with Gasteiger partial charge in [0.2, 0.25) is 0 Å². The summed E-state index contributed by atoms with van der Waals surface area (Å²) in [5, 5.41) is 0. The molecule has 1 fully saturated rings. The van der Waals surface area contributed by atoms with E-state index in [0.717, 1.165) is 41.8 Å². The first-order chi connectivity index (χ1) is 10.2. The zero-order valence-corrected chi connectivity index (χ0v) is 15.1. The van der Waals surface area contributed by atoms with Crippen molar-refractivity contribution in [2.75, 3.05) is 6.61 Å². The van der Waals surface area contributed by atoms with E-state index in [-0.39, 0.29) is 18.3 Å². The minimum atomic E-state index is -0.313. The molecule has 1 aliphatic heterocycles. The van der Waals surface area contributed by atoms with Crippen LogP contribution >= 0.6 is 0 Å². The van der Waals surface area contributed by atoms with E-state index >= 15 is 0 Å². The van der Waals surface area contributed by atoms with Crippen LogP contribution in [0.3, 0.4) is 0 Å². The van der Waals surface area contributed by atoms with Gasteiger partial charge < -0.3 is 14.0 Å². The van der Waals surface area contributed by atoms with Crippen LogP contribution < -0.4 is 10.2 Å². The van der Waals surface area contributed by atoms with Crippen LogP contribution in [0.4, 0.5) is 0 Å². The lowest BCUT2D eigenvalue weighted by molar-refractivity contribution is 0.00578. The summed E-state index contributed by atoms with van der Waals surface area (Å²) < 4.78 is 18.2. The Morgan fingerprint density at radius 1 is 1.00 bits per heavy atom. The Balaban J connectivity index is 2.23. The Morgan fingerprint density at radius 2 is 1.50 bits per heavy atom. The minimum absolute atomic E-state index is 0.310. The van der Waals surface area contributed by atoms with Crippen LogP contribution in [0.1, 0.15) is 58.6 Å². The molecule has 0 amide bonds. The summed E-state index contributed by atoms with van der Waals surface area (Å²) in [5.74, 6) is 0.934. The number of hydrogen-bond acceptors (Lipinski definition) is 3. The van der Waals surface area contributed by atoms with Crippen LogP contribution in [0.2, 0.25) is 0 Å². The molecule has 2 rings (SSSR count). The molecular weight excluding hydrogens is 275 g/mol. The fourth-order valence-corrected chi connectivity index (χ4v) is 2.69. The highest BCUT2D eigenvalue weighted by atomic mass is 16.7. The molecule has 0 bridgehead atoms. The predicted molar refractivity (Wildman–Crippen MR) is 92.0 cm³/mol. The molecule has 0 saturated carbocycles. The highest BCUT2D eigenvalue weighted by molar-refractivity contribution is 6.63. The maximum absolute atomic E-state index is 6.19. The van der Waals surface area contributed by atoms with E-state index in [1.807, 2.05) is 0 Å². The van der Waals surface area contributed by atoms with Crippen LogP contribution in [0.5, 0.6) is 5.75 Å². The largest absolute Gasteiger partial charge is 0.495 e. The van der Waals surface area contributed by atoms with Gasteiger partial charge in [-0.15, -0.1) is 0 Å². The fourth-order valence-electron chi connectivity index (χ4n) is 2.69. The number of hydrogen-bond donors (Lipinski definition) is 0. The summed E-state index contributed by atoms with van der Waals surface area (Å²) >= 11 is 0. The van der Waals surface area contributed by atoms with Crippen LogP contribution in [-0.2, 0) is 9.31 Å². The summed E-state index contributed by atoms with van der Waals surface area (Å²) in [4.78, 5) is 0. The van der Waals surface area contributed by atoms with Crippen molar-refractivity contribution in [1.82, 2.24) is 0 Å². The van der Waals surface area contributed by atoms with E-state index in [2.05, 4.69) is 60.6 Å². The molecule has 0 radical (unpaired) electrons. The van der Waals surface area contributed by atoms with Gasteiger partial charge in [-0.25, -0.2) is 0 Å². The van der Waals surface area contributed by atoms with Gasteiger partial charge in [0.15, 0.2) is 0 Å². The number of rotatable bonds is 5. The number of benzene rings is 1. The lowest BCUT2D eigenvalue weighted by Gasteiger charge is -2.32. The third kappa shape index (κ3) is 3.33. The lowest BCUT2D eigenvalue weighted by Crippen LogP contribution is -2.41. The third-order valence-electron chi connectivity index (χ3n) is 4.82. The van der Waals surface area contributed by atoms with Crippen molar-refractivity contribution >= 4 is 12.6 Å². The first-order valence-corrected chi connectivity index (χ1v) is 8.27. The molecule has 1 saturated heterocycles. The topological polar surface area (TPSA) is 27.7 Å². The molecule has 1 aliphatic rings. The summed E-state index contributed by atoms with van der Waals surface area (Å²) in [6, 6.07) is 4.17. The molecule has 0 aliphatic carbocycles. The number of ether oxygens (including phenoxy) is 1. The van der Waals surface area contributed by atoms with Crippen molar-refractivity contribution in [2.24, 2.45) is 0 Å². The van der Waals surface area contributed by atoms with Gasteiger partial charge in [0.25, 0.3) is 0 Å². The Labute approximate surface area is 135 Å². The van der Waals surface area contributed by atoms with Gasteiger partial charge in [-0.2, -0.15) is 0 Å². The molecule has 0 unspecified atom stereocenters. The highest BCUT2D eigenvalue weighted by Crippen LogP contribution is 2.37. The Kier molecular flexibility index (Phi) is 4.93. The Bertz CT molecular complexity index is 498. The summed E-state index contributed by atoms with van der Waals surface area (Å²) in [6.07, 6.45) is 2.22. The maximum atomic E-state index is 6.19. The average Bonchev–Trinajstić information content (AvgIpc) is 2.57. The molecule has 0 spiro atoms. The van der Waals surface area contributed by atoms with Gasteiger partial charge in [-0.3, -0.25) is 0 Å². The molecule has 1 aromatic rings.